The largest absolute Gasteiger partial charge is 0.507 e. The van der Waals surface area contributed by atoms with Crippen LogP contribution in [0.1, 0.15) is 5.56 Å². The summed E-state index contributed by atoms with van der Waals surface area (Å²) in [6, 6.07) is 7.65. The van der Waals surface area contributed by atoms with E-state index in [1.165, 1.54) is 0 Å². The fraction of sp³-hybridized carbons (Fsp3) is 0.231. The van der Waals surface area contributed by atoms with Crippen LogP contribution in [0, 0.1) is 0 Å². The average Bonchev–Trinajstić information content (AvgIpc) is 2.41. The maximum Gasteiger partial charge on any atom is 0.150 e. The highest BCUT2D eigenvalue weighted by atomic mass is 79.9. The van der Waals surface area contributed by atoms with Crippen LogP contribution < -0.4 is 10.1 Å². The van der Waals surface area contributed by atoms with Crippen molar-refractivity contribution < 1.29 is 14.6 Å². The van der Waals surface area contributed by atoms with E-state index in [1.54, 1.807) is 19.4 Å². The number of hydrogen-bond donors (Lipinski definition) is 2. The number of nitrogens with one attached hydrogen (secondary N) is 1. The van der Waals surface area contributed by atoms with Crippen LogP contribution in [0.5, 0.6) is 5.75 Å². The van der Waals surface area contributed by atoms with Crippen molar-refractivity contribution in [3.63, 3.8) is 0 Å². The molecular formula is C13H14BrNO3. The quantitative estimate of drug-likeness (QED) is 0.898. The Bertz CT molecular complexity index is 468. The molecule has 0 bridgehead atoms. The van der Waals surface area contributed by atoms with Crippen molar-refractivity contribution in [1.82, 2.24) is 5.32 Å². The minimum atomic E-state index is -0.326. The van der Waals surface area contributed by atoms with Crippen molar-refractivity contribution in [2.24, 2.45) is 0 Å². The summed E-state index contributed by atoms with van der Waals surface area (Å²) in [5.74, 6) is 0.993. The van der Waals surface area contributed by atoms with Crippen LogP contribution >= 0.6 is 15.9 Å². The van der Waals surface area contributed by atoms with E-state index in [4.69, 9.17) is 9.47 Å². The van der Waals surface area contributed by atoms with Gasteiger partial charge in [0.2, 0.25) is 0 Å². The van der Waals surface area contributed by atoms with Crippen LogP contribution in [0.15, 0.2) is 46.8 Å². The zero-order valence-electron chi connectivity index (χ0n) is 9.89. The molecule has 0 aliphatic carbocycles. The number of hydrogen-bond acceptors (Lipinski definition) is 4. The molecule has 0 spiro atoms. The first-order chi connectivity index (χ1) is 8.69. The normalized spacial score (nSPS) is 18.7. The Morgan fingerprint density at radius 2 is 2.06 bits per heavy atom. The third-order valence-electron chi connectivity index (χ3n) is 2.52. The predicted molar refractivity (Wildman–Crippen MR) is 72.4 cm³/mol. The Balaban J connectivity index is 1.88. The summed E-state index contributed by atoms with van der Waals surface area (Å²) in [6.07, 6.45) is 2.94. The third-order valence-corrected chi connectivity index (χ3v) is 3.15. The Morgan fingerprint density at radius 1 is 1.33 bits per heavy atom. The molecule has 0 aromatic heterocycles. The number of ether oxygens (including phenoxy) is 2. The Labute approximate surface area is 114 Å². The van der Waals surface area contributed by atoms with Crippen LogP contribution in [0.3, 0.4) is 0 Å². The van der Waals surface area contributed by atoms with Gasteiger partial charge in [-0.2, -0.15) is 0 Å². The molecule has 1 unspecified atom stereocenters. The van der Waals surface area contributed by atoms with E-state index in [-0.39, 0.29) is 12.0 Å². The number of allylic oxidation sites excluding steroid dienone is 1. The first-order valence-electron chi connectivity index (χ1n) is 5.46. The van der Waals surface area contributed by atoms with Crippen LogP contribution in [-0.4, -0.2) is 18.4 Å². The molecular weight excluding hydrogens is 298 g/mol. The molecule has 4 nitrogen and oxygen atoms in total. The zero-order valence-corrected chi connectivity index (χ0v) is 11.5. The Morgan fingerprint density at radius 3 is 2.67 bits per heavy atom. The summed E-state index contributed by atoms with van der Waals surface area (Å²) in [5, 5.41) is 12.5. The summed E-state index contributed by atoms with van der Waals surface area (Å²) in [6.45, 7) is 0.455. The van der Waals surface area contributed by atoms with Gasteiger partial charge < -0.3 is 19.9 Å². The molecule has 18 heavy (non-hydrogen) atoms. The molecule has 0 fully saturated rings. The molecule has 0 radical (unpaired) electrons. The van der Waals surface area contributed by atoms with Crippen molar-refractivity contribution in [1.29, 1.82) is 0 Å². The monoisotopic (exact) mass is 311 g/mol. The molecule has 0 amide bonds. The van der Waals surface area contributed by atoms with Crippen molar-refractivity contribution >= 4 is 15.9 Å². The lowest BCUT2D eigenvalue weighted by Crippen LogP contribution is -2.28. The molecule has 0 saturated heterocycles. The Kier molecular flexibility index (Phi) is 4.28. The number of rotatable bonds is 4. The van der Waals surface area contributed by atoms with Gasteiger partial charge in [0.1, 0.15) is 11.5 Å². The van der Waals surface area contributed by atoms with Crippen molar-refractivity contribution in [2.45, 2.75) is 12.8 Å². The summed E-state index contributed by atoms with van der Waals surface area (Å²) in [7, 11) is 1.63. The van der Waals surface area contributed by atoms with E-state index >= 15 is 0 Å². The lowest BCUT2D eigenvalue weighted by molar-refractivity contribution is 0.0554. The van der Waals surface area contributed by atoms with E-state index in [0.29, 0.717) is 11.1 Å². The number of benzene rings is 1. The highest BCUT2D eigenvalue weighted by Crippen LogP contribution is 2.19. The van der Waals surface area contributed by atoms with Crippen molar-refractivity contribution in [2.75, 3.05) is 7.11 Å². The molecule has 0 saturated carbocycles. The summed E-state index contributed by atoms with van der Waals surface area (Å²) in [5.41, 5.74) is 1.04. The van der Waals surface area contributed by atoms with Gasteiger partial charge in [0.25, 0.3) is 0 Å². The SMILES string of the molecule is COc1ccc(COC2C=C(O)C(Br)=CN2)cc1. The first-order valence-corrected chi connectivity index (χ1v) is 6.26. The van der Waals surface area contributed by atoms with E-state index in [9.17, 15) is 5.11 Å². The highest BCUT2D eigenvalue weighted by molar-refractivity contribution is 9.11. The highest BCUT2D eigenvalue weighted by Gasteiger charge is 2.12. The van der Waals surface area contributed by atoms with Gasteiger partial charge in [0.15, 0.2) is 6.23 Å². The number of aliphatic hydroxyl groups is 1. The van der Waals surface area contributed by atoms with Gasteiger partial charge in [-0.3, -0.25) is 0 Å². The molecule has 96 valence electrons. The summed E-state index contributed by atoms with van der Waals surface area (Å²) >= 11 is 3.20. The summed E-state index contributed by atoms with van der Waals surface area (Å²) < 4.78 is 11.3. The second kappa shape index (κ2) is 5.93. The number of halogens is 1. The van der Waals surface area contributed by atoms with Crippen molar-refractivity contribution in [3.8, 4) is 5.75 Å². The molecule has 1 aliphatic heterocycles. The Hall–Kier alpha value is -1.46. The van der Waals surface area contributed by atoms with E-state index in [2.05, 4.69) is 21.2 Å². The van der Waals surface area contributed by atoms with Gasteiger partial charge in [0.05, 0.1) is 18.2 Å². The van der Waals surface area contributed by atoms with Gasteiger partial charge in [0, 0.05) is 12.3 Å². The minimum Gasteiger partial charge on any atom is -0.507 e. The molecule has 1 aromatic carbocycles. The van der Waals surface area contributed by atoms with Gasteiger partial charge in [-0.25, -0.2) is 0 Å². The van der Waals surface area contributed by atoms with E-state index < -0.39 is 0 Å². The van der Waals surface area contributed by atoms with E-state index in [1.807, 2.05) is 24.3 Å². The van der Waals surface area contributed by atoms with Crippen LogP contribution in [0.4, 0.5) is 0 Å². The lowest BCUT2D eigenvalue weighted by atomic mass is 10.2. The van der Waals surface area contributed by atoms with Crippen molar-refractivity contribution in [3.05, 3.63) is 52.3 Å². The van der Waals surface area contributed by atoms with Gasteiger partial charge in [-0.1, -0.05) is 12.1 Å². The summed E-state index contributed by atoms with van der Waals surface area (Å²) in [4.78, 5) is 0. The molecule has 2 rings (SSSR count). The van der Waals surface area contributed by atoms with Gasteiger partial charge in [-0.15, -0.1) is 0 Å². The van der Waals surface area contributed by atoms with E-state index in [0.717, 1.165) is 11.3 Å². The first kappa shape index (κ1) is 13.0. The molecule has 1 heterocycles. The molecule has 1 aliphatic rings. The molecule has 5 heteroatoms. The zero-order chi connectivity index (χ0) is 13.0. The van der Waals surface area contributed by atoms with Crippen LogP contribution in [0.25, 0.3) is 0 Å². The number of aliphatic hydroxyl groups excluding tert-OH is 1. The number of methoxy groups -OCH3 is 1. The van der Waals surface area contributed by atoms with Crippen LogP contribution in [0.2, 0.25) is 0 Å². The second-order valence-corrected chi connectivity index (χ2v) is 4.64. The molecule has 1 aromatic rings. The standard InChI is InChI=1S/C13H14BrNO3/c1-17-10-4-2-9(3-5-10)8-18-13-6-12(16)11(14)7-15-13/h2-7,13,15-16H,8H2,1H3. The fourth-order valence-corrected chi connectivity index (χ4v) is 1.77. The number of dihydropyridines is 1. The maximum absolute atomic E-state index is 9.52. The smallest absolute Gasteiger partial charge is 0.150 e. The fourth-order valence-electron chi connectivity index (χ4n) is 1.50. The second-order valence-electron chi connectivity index (χ2n) is 3.79. The average molecular weight is 312 g/mol. The third kappa shape index (κ3) is 3.27. The predicted octanol–water partition coefficient (Wildman–Crippen LogP) is 2.82. The molecule has 2 N–H and O–H groups in total. The molecule has 1 atom stereocenters. The maximum atomic E-state index is 9.52. The lowest BCUT2D eigenvalue weighted by Gasteiger charge is -2.19. The minimum absolute atomic E-state index is 0.175. The van der Waals surface area contributed by atoms with Gasteiger partial charge in [-0.05, 0) is 33.6 Å². The van der Waals surface area contributed by atoms with Crippen LogP contribution in [-0.2, 0) is 11.3 Å². The topological polar surface area (TPSA) is 50.7 Å². The van der Waals surface area contributed by atoms with Gasteiger partial charge >= 0.3 is 0 Å².